The number of nitrogens with two attached hydrogens (primary N) is 1. The van der Waals surface area contributed by atoms with Crippen LogP contribution in [0.25, 0.3) is 0 Å². The van der Waals surface area contributed by atoms with Gasteiger partial charge in [-0.2, -0.15) is 0 Å². The highest BCUT2D eigenvalue weighted by Crippen LogP contribution is 2.16. The van der Waals surface area contributed by atoms with E-state index in [9.17, 15) is 13.2 Å². The second-order valence-corrected chi connectivity index (χ2v) is 8.62. The van der Waals surface area contributed by atoms with E-state index in [0.29, 0.717) is 5.69 Å². The molecule has 0 saturated heterocycles. The van der Waals surface area contributed by atoms with E-state index in [1.54, 1.807) is 33.8 Å². The van der Waals surface area contributed by atoms with E-state index >= 15 is 0 Å². The Morgan fingerprint density at radius 3 is 2.43 bits per heavy atom. The van der Waals surface area contributed by atoms with Crippen LogP contribution in [0.2, 0.25) is 0 Å². The minimum atomic E-state index is -3.34. The Hall–Kier alpha value is -1.83. The molecule has 0 unspecified atom stereocenters. The van der Waals surface area contributed by atoms with Crippen molar-refractivity contribution in [2.75, 3.05) is 5.75 Å². The first-order chi connectivity index (χ1) is 9.51. The highest BCUT2D eigenvalue weighted by molar-refractivity contribution is 7.92. The molecule has 118 valence electrons. The van der Waals surface area contributed by atoms with Gasteiger partial charge in [0, 0.05) is 12.2 Å². The number of hydrogen-bond donors (Lipinski definition) is 2. The van der Waals surface area contributed by atoms with Gasteiger partial charge >= 0.3 is 0 Å². The van der Waals surface area contributed by atoms with Crippen molar-refractivity contribution in [3.8, 4) is 0 Å². The van der Waals surface area contributed by atoms with Crippen LogP contribution in [0.3, 0.4) is 0 Å². The Balaban J connectivity index is 3.20. The van der Waals surface area contributed by atoms with Crippen LogP contribution < -0.4 is 11.3 Å². The summed E-state index contributed by atoms with van der Waals surface area (Å²) in [5.41, 5.74) is 5.60. The van der Waals surface area contributed by atoms with Gasteiger partial charge in [0.1, 0.15) is 0 Å². The summed E-state index contributed by atoms with van der Waals surface area (Å²) in [6, 6.07) is 3.07. The number of sulfone groups is 1. The minimum absolute atomic E-state index is 0.0246. The van der Waals surface area contributed by atoms with Crippen LogP contribution in [0.1, 0.15) is 32.0 Å². The summed E-state index contributed by atoms with van der Waals surface area (Å²) < 4.78 is 24.7. The fourth-order valence-electron chi connectivity index (χ4n) is 1.72. The minimum Gasteiger partial charge on any atom is -0.409 e. The molecule has 0 aliphatic rings. The molecule has 0 aliphatic heterocycles. The molecule has 1 heterocycles. The molecular formula is C13H21N3O4S. The van der Waals surface area contributed by atoms with E-state index < -0.39 is 20.1 Å². The molecule has 0 amide bonds. The van der Waals surface area contributed by atoms with E-state index in [1.165, 1.54) is 10.6 Å². The number of oxime groups is 1. The molecule has 0 aliphatic carbocycles. The third-order valence-electron chi connectivity index (χ3n) is 3.29. The van der Waals surface area contributed by atoms with Crippen molar-refractivity contribution in [3.05, 3.63) is 33.7 Å². The molecule has 8 heteroatoms. The van der Waals surface area contributed by atoms with Crippen molar-refractivity contribution in [3.63, 3.8) is 0 Å². The predicted octanol–water partition coefficient (Wildman–Crippen LogP) is 0.465. The Labute approximate surface area is 124 Å². The number of amidine groups is 1. The average Bonchev–Trinajstić information content (AvgIpc) is 2.36. The van der Waals surface area contributed by atoms with Gasteiger partial charge in [-0.15, -0.1) is 0 Å². The predicted molar refractivity (Wildman–Crippen MR) is 81.5 cm³/mol. The largest absolute Gasteiger partial charge is 0.409 e. The smallest absolute Gasteiger partial charge is 0.261 e. The van der Waals surface area contributed by atoms with Crippen LogP contribution >= 0.6 is 0 Å². The van der Waals surface area contributed by atoms with Gasteiger partial charge in [0.25, 0.3) is 5.56 Å². The highest BCUT2D eigenvalue weighted by Gasteiger charge is 2.28. The fraction of sp³-hybridized carbons (Fsp3) is 0.538. The molecule has 0 fully saturated rings. The van der Waals surface area contributed by atoms with Crippen molar-refractivity contribution in [2.24, 2.45) is 10.9 Å². The van der Waals surface area contributed by atoms with Gasteiger partial charge in [-0.25, -0.2) is 8.42 Å². The Morgan fingerprint density at radius 2 is 1.95 bits per heavy atom. The molecule has 1 aromatic heterocycles. The Kier molecular flexibility index (Phi) is 4.83. The third-order valence-corrected chi connectivity index (χ3v) is 5.88. The second-order valence-electron chi connectivity index (χ2n) is 5.76. The van der Waals surface area contributed by atoms with E-state index in [2.05, 4.69) is 5.16 Å². The Morgan fingerprint density at radius 1 is 1.38 bits per heavy atom. The van der Waals surface area contributed by atoms with Gasteiger partial charge in [0.2, 0.25) is 0 Å². The van der Waals surface area contributed by atoms with Gasteiger partial charge in [0.05, 0.1) is 16.1 Å². The molecule has 7 nitrogen and oxygen atoms in total. The van der Waals surface area contributed by atoms with E-state index in [-0.39, 0.29) is 23.7 Å². The van der Waals surface area contributed by atoms with Crippen molar-refractivity contribution >= 4 is 15.7 Å². The average molecular weight is 315 g/mol. The molecule has 21 heavy (non-hydrogen) atoms. The van der Waals surface area contributed by atoms with Crippen LogP contribution in [0.4, 0.5) is 0 Å². The molecule has 0 atom stereocenters. The lowest BCUT2D eigenvalue weighted by Crippen LogP contribution is -2.36. The van der Waals surface area contributed by atoms with Crippen molar-refractivity contribution in [1.82, 2.24) is 4.57 Å². The topological polar surface area (TPSA) is 115 Å². The van der Waals surface area contributed by atoms with Gasteiger partial charge in [-0.3, -0.25) is 4.79 Å². The van der Waals surface area contributed by atoms with E-state index in [1.807, 2.05) is 0 Å². The maximum Gasteiger partial charge on any atom is 0.261 e. The molecule has 1 aromatic rings. The quantitative estimate of drug-likeness (QED) is 0.362. The van der Waals surface area contributed by atoms with Gasteiger partial charge in [-0.05, 0) is 39.8 Å². The van der Waals surface area contributed by atoms with Crippen molar-refractivity contribution in [2.45, 2.75) is 39.0 Å². The summed E-state index contributed by atoms with van der Waals surface area (Å²) >= 11 is 0. The second kappa shape index (κ2) is 5.88. The van der Waals surface area contributed by atoms with Crippen LogP contribution in [0.5, 0.6) is 0 Å². The summed E-state index contributed by atoms with van der Waals surface area (Å²) in [4.78, 5) is 12.3. The lowest BCUT2D eigenvalue weighted by molar-refractivity contribution is 0.318. The summed E-state index contributed by atoms with van der Waals surface area (Å²) in [6.07, 6.45) is 0. The summed E-state index contributed by atoms with van der Waals surface area (Å²) in [5.74, 6) is -0.455. The number of aromatic nitrogens is 1. The van der Waals surface area contributed by atoms with Gasteiger partial charge in [0.15, 0.2) is 15.7 Å². The number of aryl methyl sites for hydroxylation is 1. The lowest BCUT2D eigenvalue weighted by atomic mass is 10.2. The van der Waals surface area contributed by atoms with Crippen molar-refractivity contribution < 1.29 is 13.6 Å². The molecule has 0 bridgehead atoms. The zero-order valence-corrected chi connectivity index (χ0v) is 13.4. The maximum absolute atomic E-state index is 12.3. The van der Waals surface area contributed by atoms with Crippen LogP contribution in [-0.4, -0.2) is 34.5 Å². The number of rotatable bonds is 4. The first-order valence-electron chi connectivity index (χ1n) is 6.42. The molecule has 1 rings (SSSR count). The molecule has 3 N–H and O–H groups in total. The first kappa shape index (κ1) is 17.2. The van der Waals surface area contributed by atoms with E-state index in [4.69, 9.17) is 10.9 Å². The highest BCUT2D eigenvalue weighted by atomic mass is 32.2. The normalized spacial score (nSPS) is 13.4. The Bertz CT molecular complexity index is 712. The zero-order chi connectivity index (χ0) is 16.4. The van der Waals surface area contributed by atoms with Gasteiger partial charge < -0.3 is 15.5 Å². The van der Waals surface area contributed by atoms with Crippen LogP contribution in [0.15, 0.2) is 22.1 Å². The number of hydrogen-bond acceptors (Lipinski definition) is 5. The molecule has 0 radical (unpaired) electrons. The maximum atomic E-state index is 12.3. The zero-order valence-electron chi connectivity index (χ0n) is 12.6. The van der Waals surface area contributed by atoms with Crippen molar-refractivity contribution in [1.29, 1.82) is 0 Å². The fourth-order valence-corrected chi connectivity index (χ4v) is 2.75. The monoisotopic (exact) mass is 315 g/mol. The number of nitrogens with zero attached hydrogens (tertiary/aromatic N) is 2. The molecule has 0 aromatic carbocycles. The number of pyridine rings is 1. The van der Waals surface area contributed by atoms with Gasteiger partial charge in [-0.1, -0.05) is 5.16 Å². The van der Waals surface area contributed by atoms with E-state index in [0.717, 1.165) is 0 Å². The lowest BCUT2D eigenvalue weighted by Gasteiger charge is -2.20. The third kappa shape index (κ3) is 3.63. The standard InChI is InChI=1S/C13H21N3O4S/c1-9-5-6-10(11(14)15-18)12(17)16(9)7-8-21(19,20)13(2,3)4/h5-6,18H,7-8H2,1-4H3,(H2,14,15). The molecular weight excluding hydrogens is 294 g/mol. The van der Waals surface area contributed by atoms with Crippen LogP contribution in [0, 0.1) is 6.92 Å². The molecule has 0 saturated carbocycles. The summed E-state index contributed by atoms with van der Waals surface area (Å²) in [6.45, 7) is 6.57. The summed E-state index contributed by atoms with van der Waals surface area (Å²) in [5, 5.41) is 11.5. The molecule has 0 spiro atoms. The van der Waals surface area contributed by atoms with Crippen LogP contribution in [-0.2, 0) is 16.4 Å². The SMILES string of the molecule is Cc1ccc(/C(N)=N/O)c(=O)n1CCS(=O)(=O)C(C)(C)C. The first-order valence-corrected chi connectivity index (χ1v) is 8.07. The summed E-state index contributed by atoms with van der Waals surface area (Å²) in [7, 11) is -3.34.